The summed E-state index contributed by atoms with van der Waals surface area (Å²) in [6.07, 6.45) is 2.01. The minimum atomic E-state index is -0.271. The number of hydrogen-bond donors (Lipinski definition) is 3. The van der Waals surface area contributed by atoms with E-state index in [1.807, 2.05) is 6.07 Å². The van der Waals surface area contributed by atoms with Gasteiger partial charge in [0.25, 0.3) is 5.56 Å². The van der Waals surface area contributed by atoms with Crippen LogP contribution in [0.15, 0.2) is 29.2 Å². The number of rotatable bonds is 6. The minimum Gasteiger partial charge on any atom is -0.396 e. The molecule has 0 bridgehead atoms. The van der Waals surface area contributed by atoms with Crippen LogP contribution in [0.5, 0.6) is 0 Å². The molecule has 0 atom stereocenters. The van der Waals surface area contributed by atoms with Gasteiger partial charge in [0.05, 0.1) is 16.2 Å². The number of aliphatic hydroxyl groups excluding tert-OH is 1. The van der Waals surface area contributed by atoms with Gasteiger partial charge in [0, 0.05) is 19.7 Å². The summed E-state index contributed by atoms with van der Waals surface area (Å²) >= 11 is 11.9. The number of nitrogens with zero attached hydrogens (tertiary/aromatic N) is 3. The molecule has 0 saturated heterocycles. The first kappa shape index (κ1) is 16.8. The average molecular weight is 368 g/mol. The molecule has 24 heavy (non-hydrogen) atoms. The predicted octanol–water partition coefficient (Wildman–Crippen LogP) is 2.42. The Labute approximate surface area is 147 Å². The molecule has 0 aliphatic rings. The van der Waals surface area contributed by atoms with E-state index < -0.39 is 0 Å². The maximum absolute atomic E-state index is 12.1. The van der Waals surface area contributed by atoms with E-state index in [0.29, 0.717) is 46.5 Å². The fourth-order valence-corrected chi connectivity index (χ4v) is 2.59. The first-order chi connectivity index (χ1) is 11.6. The second kappa shape index (κ2) is 7.21. The maximum atomic E-state index is 12.1. The number of anilines is 1. The molecule has 0 spiro atoms. The number of aryl methyl sites for hydroxylation is 1. The van der Waals surface area contributed by atoms with Crippen LogP contribution >= 0.6 is 23.2 Å². The lowest BCUT2D eigenvalue weighted by atomic mass is 10.2. The molecule has 126 valence electrons. The standard InChI is InChI=1S/C15H15Cl2N5O2/c16-11-3-2-9(6-12(11)17)7-18-15-20-13-10(14(24)21-15)8-19-22(13)4-1-5-23/h2-3,6,8,23H,1,4-5,7H2,(H2,18,20,21,24). The van der Waals surface area contributed by atoms with Crippen molar-refractivity contribution in [2.45, 2.75) is 19.5 Å². The van der Waals surface area contributed by atoms with Gasteiger partial charge < -0.3 is 10.4 Å². The third-order valence-corrected chi connectivity index (χ3v) is 4.22. The summed E-state index contributed by atoms with van der Waals surface area (Å²) in [6, 6.07) is 5.30. The first-order valence-electron chi connectivity index (χ1n) is 7.33. The number of H-pyrrole nitrogens is 1. The SMILES string of the molecule is O=c1[nH]c(NCc2ccc(Cl)c(Cl)c2)nc2c1cnn2CCCO. The zero-order valence-corrected chi connectivity index (χ0v) is 14.1. The second-order valence-corrected chi connectivity index (χ2v) is 6.01. The van der Waals surface area contributed by atoms with Gasteiger partial charge in [-0.3, -0.25) is 9.78 Å². The summed E-state index contributed by atoms with van der Waals surface area (Å²) < 4.78 is 1.60. The van der Waals surface area contributed by atoms with Crippen LogP contribution in [0.25, 0.3) is 11.0 Å². The molecule has 3 N–H and O–H groups in total. The second-order valence-electron chi connectivity index (χ2n) is 5.20. The molecule has 0 saturated carbocycles. The monoisotopic (exact) mass is 367 g/mol. The number of aromatic nitrogens is 4. The van der Waals surface area contributed by atoms with Crippen molar-refractivity contribution in [2.24, 2.45) is 0 Å². The van der Waals surface area contributed by atoms with Gasteiger partial charge in [0.2, 0.25) is 5.95 Å². The predicted molar refractivity (Wildman–Crippen MR) is 93.6 cm³/mol. The number of benzene rings is 1. The molecular formula is C15H15Cl2N5O2. The molecule has 0 aliphatic carbocycles. The molecule has 0 aliphatic heterocycles. The van der Waals surface area contributed by atoms with E-state index in [1.54, 1.807) is 16.8 Å². The number of aliphatic hydroxyl groups is 1. The number of halogens is 2. The molecule has 0 radical (unpaired) electrons. The fourth-order valence-electron chi connectivity index (χ4n) is 2.27. The normalized spacial score (nSPS) is 11.1. The van der Waals surface area contributed by atoms with Crippen molar-refractivity contribution in [2.75, 3.05) is 11.9 Å². The third kappa shape index (κ3) is 3.53. The zero-order chi connectivity index (χ0) is 17.1. The summed E-state index contributed by atoms with van der Waals surface area (Å²) in [5.74, 6) is 0.337. The molecule has 2 heterocycles. The van der Waals surface area contributed by atoms with Gasteiger partial charge in [-0.15, -0.1) is 0 Å². The highest BCUT2D eigenvalue weighted by Crippen LogP contribution is 2.22. The number of hydrogen-bond acceptors (Lipinski definition) is 5. The van der Waals surface area contributed by atoms with Crippen LogP contribution in [0.2, 0.25) is 10.0 Å². The van der Waals surface area contributed by atoms with Crippen LogP contribution in [0.3, 0.4) is 0 Å². The molecule has 0 unspecified atom stereocenters. The first-order valence-corrected chi connectivity index (χ1v) is 8.08. The van der Waals surface area contributed by atoms with E-state index in [-0.39, 0.29) is 12.2 Å². The van der Waals surface area contributed by atoms with Crippen LogP contribution in [-0.2, 0) is 13.1 Å². The van der Waals surface area contributed by atoms with Gasteiger partial charge in [-0.25, -0.2) is 4.68 Å². The summed E-state index contributed by atoms with van der Waals surface area (Å²) in [4.78, 5) is 19.2. The summed E-state index contributed by atoms with van der Waals surface area (Å²) in [6.45, 7) is 0.964. The Morgan fingerprint density at radius 2 is 2.12 bits per heavy atom. The van der Waals surface area contributed by atoms with E-state index in [9.17, 15) is 4.79 Å². The van der Waals surface area contributed by atoms with Crippen LogP contribution in [0.4, 0.5) is 5.95 Å². The number of fused-ring (bicyclic) bond motifs is 1. The molecule has 2 aromatic heterocycles. The Balaban J connectivity index is 1.83. The van der Waals surface area contributed by atoms with Crippen LogP contribution in [0, 0.1) is 0 Å². The lowest BCUT2D eigenvalue weighted by Crippen LogP contribution is -2.14. The minimum absolute atomic E-state index is 0.0486. The van der Waals surface area contributed by atoms with Crippen molar-refractivity contribution in [3.63, 3.8) is 0 Å². The molecule has 0 amide bonds. The average Bonchev–Trinajstić information content (AvgIpc) is 2.97. The highest BCUT2D eigenvalue weighted by molar-refractivity contribution is 6.42. The van der Waals surface area contributed by atoms with Gasteiger partial charge in [0.15, 0.2) is 5.65 Å². The molecule has 3 rings (SSSR count). The summed E-state index contributed by atoms with van der Waals surface area (Å²) in [5.41, 5.74) is 1.11. The lowest BCUT2D eigenvalue weighted by Gasteiger charge is -2.07. The van der Waals surface area contributed by atoms with Gasteiger partial charge in [-0.05, 0) is 24.1 Å². The van der Waals surface area contributed by atoms with Crippen LogP contribution in [0.1, 0.15) is 12.0 Å². The van der Waals surface area contributed by atoms with E-state index in [2.05, 4.69) is 20.4 Å². The Kier molecular flexibility index (Phi) is 5.03. The van der Waals surface area contributed by atoms with Crippen molar-refractivity contribution in [3.05, 3.63) is 50.4 Å². The summed E-state index contributed by atoms with van der Waals surface area (Å²) in [5, 5.41) is 17.5. The Morgan fingerprint density at radius 1 is 1.29 bits per heavy atom. The van der Waals surface area contributed by atoms with Gasteiger partial charge >= 0.3 is 0 Å². The van der Waals surface area contributed by atoms with E-state index in [1.165, 1.54) is 6.20 Å². The fraction of sp³-hybridized carbons (Fsp3) is 0.267. The van der Waals surface area contributed by atoms with Crippen LogP contribution < -0.4 is 10.9 Å². The van der Waals surface area contributed by atoms with Crippen molar-refractivity contribution in [1.29, 1.82) is 0 Å². The molecule has 0 fully saturated rings. The zero-order valence-electron chi connectivity index (χ0n) is 12.6. The Hall–Kier alpha value is -2.09. The number of nitrogens with one attached hydrogen (secondary N) is 2. The quantitative estimate of drug-likeness (QED) is 0.621. The van der Waals surface area contributed by atoms with Gasteiger partial charge in [-0.1, -0.05) is 29.3 Å². The van der Waals surface area contributed by atoms with E-state index in [0.717, 1.165) is 5.56 Å². The molecular weight excluding hydrogens is 353 g/mol. The molecule has 1 aromatic carbocycles. The number of aromatic amines is 1. The van der Waals surface area contributed by atoms with Crippen LogP contribution in [-0.4, -0.2) is 31.5 Å². The topological polar surface area (TPSA) is 95.8 Å². The highest BCUT2D eigenvalue weighted by atomic mass is 35.5. The highest BCUT2D eigenvalue weighted by Gasteiger charge is 2.10. The van der Waals surface area contributed by atoms with E-state index in [4.69, 9.17) is 28.3 Å². The lowest BCUT2D eigenvalue weighted by molar-refractivity contribution is 0.278. The largest absolute Gasteiger partial charge is 0.396 e. The van der Waals surface area contributed by atoms with Crippen molar-refractivity contribution < 1.29 is 5.11 Å². The molecule has 9 heteroatoms. The maximum Gasteiger partial charge on any atom is 0.263 e. The van der Waals surface area contributed by atoms with Gasteiger partial charge in [0.1, 0.15) is 5.39 Å². The third-order valence-electron chi connectivity index (χ3n) is 3.48. The Bertz CT molecular complexity index is 922. The summed E-state index contributed by atoms with van der Waals surface area (Å²) in [7, 11) is 0. The van der Waals surface area contributed by atoms with E-state index >= 15 is 0 Å². The van der Waals surface area contributed by atoms with Crippen molar-refractivity contribution in [1.82, 2.24) is 19.7 Å². The van der Waals surface area contributed by atoms with Crippen molar-refractivity contribution >= 4 is 40.2 Å². The van der Waals surface area contributed by atoms with Crippen molar-refractivity contribution in [3.8, 4) is 0 Å². The Morgan fingerprint density at radius 3 is 2.88 bits per heavy atom. The molecule has 7 nitrogen and oxygen atoms in total. The smallest absolute Gasteiger partial charge is 0.263 e. The van der Waals surface area contributed by atoms with Gasteiger partial charge in [-0.2, -0.15) is 10.1 Å². The molecule has 3 aromatic rings.